The third-order valence-electron chi connectivity index (χ3n) is 3.40. The maximum absolute atomic E-state index is 12.5. The Bertz CT molecular complexity index is 628. The standard InChI is InChI=1S/C15H14N2O/c16-12-5-4-10(8-12)15(18)14-3-1-2-11-9-17-7-6-13(11)14/h1-7,9-10,12H,8,16H2. The molecule has 2 N–H and O–H groups in total. The number of allylic oxidation sites excluding steroid dienone is 1. The highest BCUT2D eigenvalue weighted by Gasteiger charge is 2.24. The molecule has 1 aromatic carbocycles. The zero-order valence-corrected chi connectivity index (χ0v) is 9.91. The van der Waals surface area contributed by atoms with E-state index in [4.69, 9.17) is 5.73 Å². The van der Waals surface area contributed by atoms with Crippen molar-refractivity contribution in [2.45, 2.75) is 12.5 Å². The van der Waals surface area contributed by atoms with Gasteiger partial charge >= 0.3 is 0 Å². The Kier molecular flexibility index (Phi) is 2.68. The Morgan fingerprint density at radius 3 is 2.94 bits per heavy atom. The fraction of sp³-hybridized carbons (Fsp3) is 0.200. The van der Waals surface area contributed by atoms with E-state index in [9.17, 15) is 4.79 Å². The number of carbonyl (C=O) groups is 1. The zero-order chi connectivity index (χ0) is 12.5. The summed E-state index contributed by atoms with van der Waals surface area (Å²) in [7, 11) is 0. The Hall–Kier alpha value is -2.00. The van der Waals surface area contributed by atoms with Gasteiger partial charge in [0.15, 0.2) is 5.78 Å². The zero-order valence-electron chi connectivity index (χ0n) is 9.91. The number of carbonyl (C=O) groups excluding carboxylic acids is 1. The molecule has 2 aromatic rings. The lowest BCUT2D eigenvalue weighted by molar-refractivity contribution is 0.0944. The number of hydrogen-bond donors (Lipinski definition) is 1. The molecule has 0 radical (unpaired) electrons. The molecular formula is C15H14N2O. The minimum Gasteiger partial charge on any atom is -0.324 e. The van der Waals surface area contributed by atoms with E-state index in [-0.39, 0.29) is 17.7 Å². The molecule has 1 heterocycles. The number of ketones is 1. The second-order valence-electron chi connectivity index (χ2n) is 4.66. The van der Waals surface area contributed by atoms with E-state index in [1.807, 2.05) is 36.4 Å². The molecule has 90 valence electrons. The number of benzene rings is 1. The van der Waals surface area contributed by atoms with Crippen LogP contribution < -0.4 is 5.73 Å². The van der Waals surface area contributed by atoms with Crippen LogP contribution in [0.1, 0.15) is 16.8 Å². The molecule has 0 aliphatic heterocycles. The summed E-state index contributed by atoms with van der Waals surface area (Å²) in [6.45, 7) is 0. The third-order valence-corrected chi connectivity index (χ3v) is 3.40. The number of nitrogens with zero attached hydrogens (tertiary/aromatic N) is 1. The van der Waals surface area contributed by atoms with Gasteiger partial charge in [-0.3, -0.25) is 9.78 Å². The number of fused-ring (bicyclic) bond motifs is 1. The minimum atomic E-state index is -0.0845. The normalized spacial score (nSPS) is 22.5. The predicted octanol–water partition coefficient (Wildman–Crippen LogP) is 2.32. The number of aromatic nitrogens is 1. The maximum atomic E-state index is 12.5. The Morgan fingerprint density at radius 1 is 1.28 bits per heavy atom. The van der Waals surface area contributed by atoms with Crippen LogP contribution in [0.3, 0.4) is 0 Å². The number of Topliss-reactive ketones (excluding diaryl/α,β-unsaturated/α-hetero) is 1. The molecule has 1 aliphatic rings. The average molecular weight is 238 g/mol. The van der Waals surface area contributed by atoms with E-state index in [0.29, 0.717) is 6.42 Å². The van der Waals surface area contributed by atoms with Gasteiger partial charge in [0, 0.05) is 35.3 Å². The molecule has 2 unspecified atom stereocenters. The number of hydrogen-bond acceptors (Lipinski definition) is 3. The van der Waals surface area contributed by atoms with Crippen molar-refractivity contribution < 1.29 is 4.79 Å². The first-order chi connectivity index (χ1) is 8.75. The first kappa shape index (κ1) is 11.1. The lowest BCUT2D eigenvalue weighted by Gasteiger charge is -2.10. The van der Waals surface area contributed by atoms with Crippen LogP contribution in [0.5, 0.6) is 0 Å². The van der Waals surface area contributed by atoms with Gasteiger partial charge in [-0.1, -0.05) is 30.4 Å². The molecule has 3 nitrogen and oxygen atoms in total. The topological polar surface area (TPSA) is 56.0 Å². The van der Waals surface area contributed by atoms with Crippen molar-refractivity contribution in [3.63, 3.8) is 0 Å². The SMILES string of the molecule is NC1C=CC(C(=O)c2cccc3cnccc23)C1. The third kappa shape index (κ3) is 1.83. The van der Waals surface area contributed by atoms with Crippen molar-refractivity contribution >= 4 is 16.6 Å². The quantitative estimate of drug-likeness (QED) is 0.645. The molecule has 18 heavy (non-hydrogen) atoms. The number of rotatable bonds is 2. The lowest BCUT2D eigenvalue weighted by Crippen LogP contribution is -2.19. The first-order valence-corrected chi connectivity index (χ1v) is 6.06. The summed E-state index contributed by atoms with van der Waals surface area (Å²) in [5, 5.41) is 1.96. The van der Waals surface area contributed by atoms with Crippen molar-refractivity contribution in [3.05, 3.63) is 54.4 Å². The fourth-order valence-corrected chi connectivity index (χ4v) is 2.46. The van der Waals surface area contributed by atoms with Gasteiger partial charge in [-0.05, 0) is 17.9 Å². The van der Waals surface area contributed by atoms with Crippen LogP contribution in [0.25, 0.3) is 10.8 Å². The average Bonchev–Trinajstić information content (AvgIpc) is 2.84. The molecular weight excluding hydrogens is 224 g/mol. The van der Waals surface area contributed by atoms with Crippen LogP contribution in [-0.4, -0.2) is 16.8 Å². The van der Waals surface area contributed by atoms with Crippen molar-refractivity contribution in [2.24, 2.45) is 11.7 Å². The molecule has 2 atom stereocenters. The molecule has 0 bridgehead atoms. The van der Waals surface area contributed by atoms with Gasteiger partial charge in [-0.2, -0.15) is 0 Å². The summed E-state index contributed by atoms with van der Waals surface area (Å²) in [5.74, 6) is 0.0646. The highest BCUT2D eigenvalue weighted by atomic mass is 16.1. The van der Waals surface area contributed by atoms with Gasteiger partial charge in [0.05, 0.1) is 0 Å². The van der Waals surface area contributed by atoms with Gasteiger partial charge in [-0.25, -0.2) is 0 Å². The summed E-state index contributed by atoms with van der Waals surface area (Å²) in [6.07, 6.45) is 8.04. The highest BCUT2D eigenvalue weighted by molar-refractivity contribution is 6.09. The van der Waals surface area contributed by atoms with Crippen LogP contribution in [-0.2, 0) is 0 Å². The Balaban J connectivity index is 2.04. The van der Waals surface area contributed by atoms with E-state index in [2.05, 4.69) is 4.98 Å². The van der Waals surface area contributed by atoms with Crippen molar-refractivity contribution in [2.75, 3.05) is 0 Å². The molecule has 1 aromatic heterocycles. The monoisotopic (exact) mass is 238 g/mol. The van der Waals surface area contributed by atoms with E-state index in [1.54, 1.807) is 12.4 Å². The minimum absolute atomic E-state index is 0.00981. The summed E-state index contributed by atoms with van der Waals surface area (Å²) in [5.41, 5.74) is 6.57. The van der Waals surface area contributed by atoms with Gasteiger partial charge in [0.25, 0.3) is 0 Å². The van der Waals surface area contributed by atoms with Crippen LogP contribution >= 0.6 is 0 Å². The lowest BCUT2D eigenvalue weighted by atomic mass is 9.93. The molecule has 0 amide bonds. The first-order valence-electron chi connectivity index (χ1n) is 6.06. The smallest absolute Gasteiger partial charge is 0.170 e. The fourth-order valence-electron chi connectivity index (χ4n) is 2.46. The molecule has 3 rings (SSSR count). The summed E-state index contributed by atoms with van der Waals surface area (Å²) in [6, 6.07) is 7.64. The van der Waals surface area contributed by atoms with E-state index >= 15 is 0 Å². The molecule has 1 aliphatic carbocycles. The summed E-state index contributed by atoms with van der Waals surface area (Å²) in [4.78, 5) is 16.6. The number of nitrogens with two attached hydrogens (primary N) is 1. The molecule has 0 spiro atoms. The van der Waals surface area contributed by atoms with Gasteiger partial charge < -0.3 is 5.73 Å². The van der Waals surface area contributed by atoms with Crippen LogP contribution in [0.4, 0.5) is 0 Å². The molecule has 0 saturated heterocycles. The van der Waals surface area contributed by atoms with Crippen molar-refractivity contribution in [3.8, 4) is 0 Å². The molecule has 0 fully saturated rings. The Morgan fingerprint density at radius 2 is 2.17 bits per heavy atom. The maximum Gasteiger partial charge on any atom is 0.170 e. The van der Waals surface area contributed by atoms with E-state index in [1.165, 1.54) is 0 Å². The van der Waals surface area contributed by atoms with Crippen molar-refractivity contribution in [1.29, 1.82) is 0 Å². The second kappa shape index (κ2) is 4.35. The summed E-state index contributed by atoms with van der Waals surface area (Å²) >= 11 is 0. The Labute approximate surface area is 105 Å². The van der Waals surface area contributed by atoms with Gasteiger partial charge in [-0.15, -0.1) is 0 Å². The van der Waals surface area contributed by atoms with Gasteiger partial charge in [0.1, 0.15) is 0 Å². The molecule has 3 heteroatoms. The van der Waals surface area contributed by atoms with E-state index in [0.717, 1.165) is 16.3 Å². The highest BCUT2D eigenvalue weighted by Crippen LogP contribution is 2.25. The molecule has 0 saturated carbocycles. The van der Waals surface area contributed by atoms with E-state index < -0.39 is 0 Å². The van der Waals surface area contributed by atoms with Crippen molar-refractivity contribution in [1.82, 2.24) is 4.98 Å². The predicted molar refractivity (Wildman–Crippen MR) is 71.3 cm³/mol. The summed E-state index contributed by atoms with van der Waals surface area (Å²) < 4.78 is 0. The van der Waals surface area contributed by atoms with Crippen LogP contribution in [0, 0.1) is 5.92 Å². The number of pyridine rings is 1. The van der Waals surface area contributed by atoms with Crippen LogP contribution in [0.15, 0.2) is 48.8 Å². The second-order valence-corrected chi connectivity index (χ2v) is 4.66. The van der Waals surface area contributed by atoms with Gasteiger partial charge in [0.2, 0.25) is 0 Å². The largest absolute Gasteiger partial charge is 0.324 e. The van der Waals surface area contributed by atoms with Crippen LogP contribution in [0.2, 0.25) is 0 Å².